The summed E-state index contributed by atoms with van der Waals surface area (Å²) in [5, 5.41) is 4.12. The van der Waals surface area contributed by atoms with Gasteiger partial charge in [0.25, 0.3) is 0 Å². The van der Waals surface area contributed by atoms with E-state index in [9.17, 15) is 13.2 Å². The van der Waals surface area contributed by atoms with E-state index in [0.717, 1.165) is 23.7 Å². The predicted molar refractivity (Wildman–Crippen MR) is 63.4 cm³/mol. The fraction of sp³-hybridized carbons (Fsp3) is 0.385. The molecule has 0 saturated carbocycles. The summed E-state index contributed by atoms with van der Waals surface area (Å²) in [6, 6.07) is 6.08. The number of hydrogen-bond acceptors (Lipinski definition) is 1. The van der Waals surface area contributed by atoms with E-state index < -0.39 is 11.7 Å². The lowest BCUT2D eigenvalue weighted by Gasteiger charge is -2.24. The zero-order valence-electron chi connectivity index (χ0n) is 9.88. The number of rotatable bonds is 0. The molecule has 1 unspecified atom stereocenters. The highest BCUT2D eigenvalue weighted by Gasteiger charge is 2.31. The maximum atomic E-state index is 12.7. The van der Waals surface area contributed by atoms with Crippen LogP contribution in [-0.4, -0.2) is 11.1 Å². The molecular weight excluding hydrogens is 241 g/mol. The van der Waals surface area contributed by atoms with E-state index in [1.807, 2.05) is 17.6 Å². The summed E-state index contributed by atoms with van der Waals surface area (Å²) in [6.45, 7) is 3.50. The van der Waals surface area contributed by atoms with Crippen LogP contribution in [0.15, 0.2) is 24.3 Å². The van der Waals surface area contributed by atoms with Crippen LogP contribution < -0.4 is 5.32 Å². The number of benzene rings is 1. The van der Waals surface area contributed by atoms with E-state index in [1.165, 1.54) is 6.07 Å². The third kappa shape index (κ3) is 1.70. The molecule has 1 atom stereocenters. The topological polar surface area (TPSA) is 17.0 Å². The standard InChI is InChI=1S/C13H13F3N2/c1-8-6-17-7-11-4-9-2-3-10(13(14,15)16)5-12(9)18(8)11/h2-5,8,17H,6-7H2,1H3. The van der Waals surface area contributed by atoms with Gasteiger partial charge in [0, 0.05) is 30.3 Å². The molecule has 1 aromatic heterocycles. The number of fused-ring (bicyclic) bond motifs is 3. The van der Waals surface area contributed by atoms with Gasteiger partial charge >= 0.3 is 6.18 Å². The van der Waals surface area contributed by atoms with E-state index in [4.69, 9.17) is 0 Å². The molecule has 0 saturated heterocycles. The summed E-state index contributed by atoms with van der Waals surface area (Å²) in [6.07, 6.45) is -4.28. The van der Waals surface area contributed by atoms with Crippen LogP contribution in [0.4, 0.5) is 13.2 Å². The summed E-state index contributed by atoms with van der Waals surface area (Å²) in [5.41, 5.74) is 1.14. The van der Waals surface area contributed by atoms with Crippen LogP contribution in [0.1, 0.15) is 24.2 Å². The average molecular weight is 254 g/mol. The van der Waals surface area contributed by atoms with Crippen molar-refractivity contribution in [3.63, 3.8) is 0 Å². The molecule has 0 bridgehead atoms. The third-order valence-electron chi connectivity index (χ3n) is 3.44. The normalized spacial score (nSPS) is 20.1. The fourth-order valence-electron chi connectivity index (χ4n) is 2.61. The second-order valence-electron chi connectivity index (χ2n) is 4.76. The van der Waals surface area contributed by atoms with Crippen molar-refractivity contribution in [2.45, 2.75) is 25.7 Å². The number of halogens is 3. The molecule has 3 rings (SSSR count). The molecule has 0 fully saturated rings. The second kappa shape index (κ2) is 3.75. The molecule has 1 aliphatic rings. The second-order valence-corrected chi connectivity index (χ2v) is 4.76. The Morgan fingerprint density at radius 1 is 1.28 bits per heavy atom. The minimum absolute atomic E-state index is 0.176. The molecule has 0 aliphatic carbocycles. The van der Waals surface area contributed by atoms with Crippen LogP contribution >= 0.6 is 0 Å². The number of hydrogen-bond donors (Lipinski definition) is 1. The number of aromatic nitrogens is 1. The quantitative estimate of drug-likeness (QED) is 0.763. The van der Waals surface area contributed by atoms with E-state index in [1.54, 1.807) is 6.07 Å². The van der Waals surface area contributed by atoms with Gasteiger partial charge in [-0.3, -0.25) is 0 Å². The highest BCUT2D eigenvalue weighted by atomic mass is 19.4. The summed E-state index contributed by atoms with van der Waals surface area (Å²) >= 11 is 0. The Kier molecular flexibility index (Phi) is 2.41. The Bertz CT molecular complexity index is 598. The summed E-state index contributed by atoms with van der Waals surface area (Å²) in [7, 11) is 0. The smallest absolute Gasteiger partial charge is 0.339 e. The van der Waals surface area contributed by atoms with Crippen molar-refractivity contribution >= 4 is 10.9 Å². The molecule has 1 N–H and O–H groups in total. The maximum absolute atomic E-state index is 12.7. The van der Waals surface area contributed by atoms with Gasteiger partial charge in [-0.15, -0.1) is 0 Å². The Hall–Kier alpha value is -1.49. The van der Waals surface area contributed by atoms with E-state index in [0.29, 0.717) is 12.1 Å². The molecule has 18 heavy (non-hydrogen) atoms. The van der Waals surface area contributed by atoms with Gasteiger partial charge in [0.05, 0.1) is 5.56 Å². The van der Waals surface area contributed by atoms with Crippen molar-refractivity contribution in [2.24, 2.45) is 0 Å². The van der Waals surface area contributed by atoms with Crippen LogP contribution in [0.5, 0.6) is 0 Å². The predicted octanol–water partition coefficient (Wildman–Crippen LogP) is 3.32. The lowest BCUT2D eigenvalue weighted by molar-refractivity contribution is -0.137. The minimum atomic E-state index is -4.28. The van der Waals surface area contributed by atoms with E-state index in [-0.39, 0.29) is 6.04 Å². The van der Waals surface area contributed by atoms with Gasteiger partial charge < -0.3 is 9.88 Å². The van der Waals surface area contributed by atoms with Crippen LogP contribution in [0, 0.1) is 0 Å². The van der Waals surface area contributed by atoms with Crippen molar-refractivity contribution in [3.8, 4) is 0 Å². The van der Waals surface area contributed by atoms with Crippen LogP contribution in [0.3, 0.4) is 0 Å². The van der Waals surface area contributed by atoms with Gasteiger partial charge in [-0.05, 0) is 30.5 Å². The van der Waals surface area contributed by atoms with Crippen LogP contribution in [-0.2, 0) is 12.7 Å². The zero-order chi connectivity index (χ0) is 12.9. The summed E-state index contributed by atoms with van der Waals surface area (Å²) in [4.78, 5) is 0. The van der Waals surface area contributed by atoms with Gasteiger partial charge in [0.2, 0.25) is 0 Å². The monoisotopic (exact) mass is 254 g/mol. The lowest BCUT2D eigenvalue weighted by Crippen LogP contribution is -2.30. The van der Waals surface area contributed by atoms with Crippen molar-refractivity contribution in [2.75, 3.05) is 6.54 Å². The van der Waals surface area contributed by atoms with Gasteiger partial charge in [-0.25, -0.2) is 0 Å². The molecule has 0 amide bonds. The van der Waals surface area contributed by atoms with Gasteiger partial charge in [0.15, 0.2) is 0 Å². The fourth-order valence-corrected chi connectivity index (χ4v) is 2.61. The molecule has 1 aliphatic heterocycles. The zero-order valence-corrected chi connectivity index (χ0v) is 9.88. The summed E-state index contributed by atoms with van der Waals surface area (Å²) < 4.78 is 40.2. The Balaban J connectivity index is 2.24. The SMILES string of the molecule is CC1CNCc2cc3ccc(C(F)(F)F)cc3n21. The average Bonchev–Trinajstić information content (AvgIpc) is 2.66. The first-order chi connectivity index (χ1) is 8.47. The molecule has 96 valence electrons. The number of nitrogens with one attached hydrogen (secondary N) is 1. The number of nitrogens with zero attached hydrogens (tertiary/aromatic N) is 1. The Labute approximate surface area is 102 Å². The molecular formula is C13H13F3N2. The summed E-state index contributed by atoms with van der Waals surface area (Å²) in [5.74, 6) is 0. The number of alkyl halides is 3. The molecule has 2 heterocycles. The first-order valence-corrected chi connectivity index (χ1v) is 5.88. The third-order valence-corrected chi connectivity index (χ3v) is 3.44. The Morgan fingerprint density at radius 3 is 2.78 bits per heavy atom. The first kappa shape index (κ1) is 11.6. The molecule has 0 radical (unpaired) electrons. The molecule has 2 aromatic rings. The van der Waals surface area contributed by atoms with E-state index in [2.05, 4.69) is 5.32 Å². The molecule has 2 nitrogen and oxygen atoms in total. The van der Waals surface area contributed by atoms with Gasteiger partial charge in [0.1, 0.15) is 0 Å². The molecule has 1 aromatic carbocycles. The first-order valence-electron chi connectivity index (χ1n) is 5.88. The van der Waals surface area contributed by atoms with Crippen LogP contribution in [0.2, 0.25) is 0 Å². The minimum Gasteiger partial charge on any atom is -0.339 e. The van der Waals surface area contributed by atoms with Crippen LogP contribution in [0.25, 0.3) is 10.9 Å². The van der Waals surface area contributed by atoms with Crippen molar-refractivity contribution < 1.29 is 13.2 Å². The largest absolute Gasteiger partial charge is 0.416 e. The molecule has 0 spiro atoms. The van der Waals surface area contributed by atoms with Gasteiger partial charge in [-0.1, -0.05) is 6.07 Å². The molecule has 5 heteroatoms. The van der Waals surface area contributed by atoms with E-state index >= 15 is 0 Å². The lowest BCUT2D eigenvalue weighted by atomic mass is 10.1. The van der Waals surface area contributed by atoms with Crippen molar-refractivity contribution in [3.05, 3.63) is 35.5 Å². The maximum Gasteiger partial charge on any atom is 0.416 e. The Morgan fingerprint density at radius 2 is 2.06 bits per heavy atom. The van der Waals surface area contributed by atoms with Gasteiger partial charge in [-0.2, -0.15) is 13.2 Å². The van der Waals surface area contributed by atoms with Crippen molar-refractivity contribution in [1.29, 1.82) is 0 Å². The highest BCUT2D eigenvalue weighted by molar-refractivity contribution is 5.82. The highest BCUT2D eigenvalue weighted by Crippen LogP contribution is 2.34. The van der Waals surface area contributed by atoms with Crippen molar-refractivity contribution in [1.82, 2.24) is 9.88 Å².